The minimum absolute atomic E-state index is 0.0957. The molecule has 0 spiro atoms. The second kappa shape index (κ2) is 8.83. The lowest BCUT2D eigenvalue weighted by Gasteiger charge is -2.29. The third-order valence-corrected chi connectivity index (χ3v) is 9.44. The number of hydrogen-bond donors (Lipinski definition) is 0. The molecule has 0 bridgehead atoms. The minimum atomic E-state index is -0.0957. The van der Waals surface area contributed by atoms with Gasteiger partial charge in [0.1, 0.15) is 11.2 Å². The molecule has 0 fully saturated rings. The summed E-state index contributed by atoms with van der Waals surface area (Å²) in [5.41, 5.74) is 10.4. The predicted octanol–water partition coefficient (Wildman–Crippen LogP) is 11.7. The first-order chi connectivity index (χ1) is 21.1. The van der Waals surface area contributed by atoms with Crippen molar-refractivity contribution in [3.05, 3.63) is 151 Å². The number of fused-ring (bicyclic) bond motifs is 9. The van der Waals surface area contributed by atoms with Gasteiger partial charge >= 0.3 is 0 Å². The van der Waals surface area contributed by atoms with E-state index in [9.17, 15) is 0 Å². The molecule has 7 aromatic carbocycles. The van der Waals surface area contributed by atoms with E-state index in [-0.39, 0.29) is 5.41 Å². The smallest absolute Gasteiger partial charge is 0.137 e. The van der Waals surface area contributed by atoms with Gasteiger partial charge in [-0.1, -0.05) is 117 Å². The van der Waals surface area contributed by atoms with E-state index >= 15 is 0 Å². The van der Waals surface area contributed by atoms with Gasteiger partial charge in [-0.05, 0) is 74.6 Å². The molecule has 1 aliphatic carbocycles. The van der Waals surface area contributed by atoms with Crippen LogP contribution in [0.3, 0.4) is 0 Å². The minimum Gasteiger partial charge on any atom is -0.456 e. The van der Waals surface area contributed by atoms with E-state index < -0.39 is 0 Å². The van der Waals surface area contributed by atoms with E-state index in [4.69, 9.17) is 4.42 Å². The van der Waals surface area contributed by atoms with Crippen LogP contribution >= 0.6 is 0 Å². The number of furan rings is 1. The van der Waals surface area contributed by atoms with Gasteiger partial charge in [0.05, 0.1) is 16.8 Å². The number of anilines is 3. The summed E-state index contributed by atoms with van der Waals surface area (Å²) in [6.45, 7) is 4.69. The van der Waals surface area contributed by atoms with Gasteiger partial charge in [0, 0.05) is 22.1 Å². The fourth-order valence-corrected chi connectivity index (χ4v) is 7.40. The summed E-state index contributed by atoms with van der Waals surface area (Å²) in [6, 6.07) is 50.5. The van der Waals surface area contributed by atoms with Crippen LogP contribution in [0, 0.1) is 0 Å². The summed E-state index contributed by atoms with van der Waals surface area (Å²) >= 11 is 0. The van der Waals surface area contributed by atoms with Gasteiger partial charge in [-0.15, -0.1) is 0 Å². The Bertz CT molecular complexity index is 2390. The zero-order valence-corrected chi connectivity index (χ0v) is 24.1. The zero-order chi connectivity index (χ0) is 28.7. The molecule has 1 aromatic heterocycles. The molecule has 9 rings (SSSR count). The number of benzene rings is 7. The summed E-state index contributed by atoms with van der Waals surface area (Å²) in [7, 11) is 0. The van der Waals surface area contributed by atoms with Crippen LogP contribution in [0.4, 0.5) is 17.1 Å². The van der Waals surface area contributed by atoms with Crippen molar-refractivity contribution in [2.75, 3.05) is 4.90 Å². The Morgan fingerprint density at radius 3 is 2.07 bits per heavy atom. The average molecular weight is 552 g/mol. The summed E-state index contributed by atoms with van der Waals surface area (Å²) in [4.78, 5) is 2.46. The molecule has 8 aromatic rings. The maximum absolute atomic E-state index is 6.40. The largest absolute Gasteiger partial charge is 0.456 e. The molecule has 1 heterocycles. The van der Waals surface area contributed by atoms with Crippen molar-refractivity contribution in [2.45, 2.75) is 19.3 Å². The van der Waals surface area contributed by atoms with Crippen molar-refractivity contribution < 1.29 is 4.42 Å². The van der Waals surface area contributed by atoms with Crippen LogP contribution in [0.25, 0.3) is 54.6 Å². The lowest BCUT2D eigenvalue weighted by atomic mass is 9.82. The normalized spacial score (nSPS) is 13.5. The molecule has 0 saturated heterocycles. The Morgan fingerprint density at radius 2 is 1.16 bits per heavy atom. The van der Waals surface area contributed by atoms with Crippen molar-refractivity contribution >= 4 is 60.5 Å². The van der Waals surface area contributed by atoms with Crippen LogP contribution in [-0.4, -0.2) is 0 Å². The molecule has 2 nitrogen and oxygen atoms in total. The molecule has 0 aliphatic heterocycles. The standard InChI is InChI=1S/C41H29NO/c1-41(2)33-15-7-5-13-30(33)39-34(41)16-9-17-35(39)42(36-18-10-20-38-40(36)31-14-6-8-19-37(31)43-38)28-24-23-27-22-21-26-11-3-4-12-29(26)32(27)25-28/h3-25H,1-2H3. The molecule has 204 valence electrons. The highest BCUT2D eigenvalue weighted by Crippen LogP contribution is 2.55. The van der Waals surface area contributed by atoms with Crippen LogP contribution in [0.2, 0.25) is 0 Å². The van der Waals surface area contributed by atoms with Crippen molar-refractivity contribution in [3.8, 4) is 11.1 Å². The van der Waals surface area contributed by atoms with Gasteiger partial charge in [0.25, 0.3) is 0 Å². The van der Waals surface area contributed by atoms with E-state index in [2.05, 4.69) is 152 Å². The molecule has 2 heteroatoms. The second-order valence-corrected chi connectivity index (χ2v) is 12.1. The lowest BCUT2D eigenvalue weighted by molar-refractivity contribution is 0.660. The molecule has 0 unspecified atom stereocenters. The summed E-state index contributed by atoms with van der Waals surface area (Å²) in [5, 5.41) is 7.24. The van der Waals surface area contributed by atoms with Crippen LogP contribution in [0.1, 0.15) is 25.0 Å². The van der Waals surface area contributed by atoms with E-state index in [1.807, 2.05) is 6.07 Å². The number of hydrogen-bond acceptors (Lipinski definition) is 2. The van der Waals surface area contributed by atoms with Gasteiger partial charge in [0.2, 0.25) is 0 Å². The van der Waals surface area contributed by atoms with Crippen LogP contribution in [0.5, 0.6) is 0 Å². The molecular formula is C41H29NO. The topological polar surface area (TPSA) is 16.4 Å². The summed E-state index contributed by atoms with van der Waals surface area (Å²) < 4.78 is 6.40. The fraction of sp³-hybridized carbons (Fsp3) is 0.0732. The maximum atomic E-state index is 6.40. The monoisotopic (exact) mass is 551 g/mol. The van der Waals surface area contributed by atoms with E-state index in [1.165, 1.54) is 49.5 Å². The highest BCUT2D eigenvalue weighted by atomic mass is 16.3. The molecule has 43 heavy (non-hydrogen) atoms. The van der Waals surface area contributed by atoms with Crippen LogP contribution < -0.4 is 4.90 Å². The highest BCUT2D eigenvalue weighted by molar-refractivity contribution is 6.15. The first kappa shape index (κ1) is 24.3. The Balaban J connectivity index is 1.41. The van der Waals surface area contributed by atoms with E-state index in [1.54, 1.807) is 0 Å². The SMILES string of the molecule is CC1(C)c2ccccc2-c2c(N(c3ccc4ccc5ccccc5c4c3)c3cccc4oc5ccccc5c34)cccc21. The Hall–Kier alpha value is -5.34. The quantitative estimate of drug-likeness (QED) is 0.203. The van der Waals surface area contributed by atoms with Crippen LogP contribution in [-0.2, 0) is 5.41 Å². The molecule has 1 aliphatic rings. The molecule has 0 amide bonds. The Kier molecular flexibility index (Phi) is 4.99. The van der Waals surface area contributed by atoms with Gasteiger partial charge in [0.15, 0.2) is 0 Å². The average Bonchev–Trinajstić information content (AvgIpc) is 3.54. The van der Waals surface area contributed by atoms with Gasteiger partial charge < -0.3 is 9.32 Å². The van der Waals surface area contributed by atoms with Gasteiger partial charge in [-0.3, -0.25) is 0 Å². The second-order valence-electron chi connectivity index (χ2n) is 12.1. The first-order valence-electron chi connectivity index (χ1n) is 14.9. The molecule has 0 N–H and O–H groups in total. The molecule has 0 radical (unpaired) electrons. The number of rotatable bonds is 3. The van der Waals surface area contributed by atoms with Crippen molar-refractivity contribution in [3.63, 3.8) is 0 Å². The first-order valence-corrected chi connectivity index (χ1v) is 14.9. The maximum Gasteiger partial charge on any atom is 0.137 e. The Morgan fingerprint density at radius 1 is 0.512 bits per heavy atom. The third kappa shape index (κ3) is 3.41. The van der Waals surface area contributed by atoms with Gasteiger partial charge in [-0.2, -0.15) is 0 Å². The van der Waals surface area contributed by atoms with E-state index in [0.29, 0.717) is 0 Å². The third-order valence-electron chi connectivity index (χ3n) is 9.44. The summed E-state index contributed by atoms with van der Waals surface area (Å²) in [5.74, 6) is 0. The van der Waals surface area contributed by atoms with Crippen LogP contribution in [0.15, 0.2) is 144 Å². The van der Waals surface area contributed by atoms with E-state index in [0.717, 1.165) is 33.3 Å². The Labute approximate surface area is 250 Å². The predicted molar refractivity (Wildman–Crippen MR) is 181 cm³/mol. The molecule has 0 saturated carbocycles. The number of para-hydroxylation sites is 1. The fourth-order valence-electron chi connectivity index (χ4n) is 7.40. The van der Waals surface area contributed by atoms with Crippen molar-refractivity contribution in [1.82, 2.24) is 0 Å². The number of nitrogens with zero attached hydrogens (tertiary/aromatic N) is 1. The van der Waals surface area contributed by atoms with Gasteiger partial charge in [-0.25, -0.2) is 0 Å². The van der Waals surface area contributed by atoms with Crippen molar-refractivity contribution in [1.29, 1.82) is 0 Å². The zero-order valence-electron chi connectivity index (χ0n) is 24.1. The van der Waals surface area contributed by atoms with Crippen molar-refractivity contribution in [2.24, 2.45) is 0 Å². The lowest BCUT2D eigenvalue weighted by Crippen LogP contribution is -2.16. The summed E-state index contributed by atoms with van der Waals surface area (Å²) in [6.07, 6.45) is 0. The highest BCUT2D eigenvalue weighted by Gasteiger charge is 2.38. The molecule has 0 atom stereocenters. The molecular weight excluding hydrogens is 522 g/mol.